The lowest BCUT2D eigenvalue weighted by Gasteiger charge is -2.05. The van der Waals surface area contributed by atoms with Crippen molar-refractivity contribution >= 4 is 39.9 Å². The van der Waals surface area contributed by atoms with Crippen molar-refractivity contribution in [3.8, 4) is 11.3 Å². The highest BCUT2D eigenvalue weighted by atomic mass is 32.1. The van der Waals surface area contributed by atoms with E-state index in [9.17, 15) is 18.8 Å². The van der Waals surface area contributed by atoms with Crippen LogP contribution in [0.2, 0.25) is 0 Å². The molecule has 0 aliphatic carbocycles. The number of anilines is 2. The summed E-state index contributed by atoms with van der Waals surface area (Å²) in [4.78, 5) is 39.1. The molecule has 2 N–H and O–H groups in total. The molecule has 0 saturated carbocycles. The lowest BCUT2D eigenvalue weighted by Crippen LogP contribution is -2.12. The molecule has 1 heterocycles. The molecule has 9 heteroatoms. The Kier molecular flexibility index (Phi) is 5.99. The predicted molar refractivity (Wildman–Crippen MR) is 108 cm³/mol. The van der Waals surface area contributed by atoms with Gasteiger partial charge in [-0.3, -0.25) is 14.9 Å². The van der Waals surface area contributed by atoms with Crippen molar-refractivity contribution in [3.63, 3.8) is 0 Å². The highest BCUT2D eigenvalue weighted by Gasteiger charge is 2.14. The van der Waals surface area contributed by atoms with Crippen molar-refractivity contribution in [3.05, 3.63) is 64.8 Å². The first-order chi connectivity index (χ1) is 13.9. The van der Waals surface area contributed by atoms with Crippen LogP contribution in [0.5, 0.6) is 0 Å². The fourth-order valence-electron chi connectivity index (χ4n) is 2.50. The Morgan fingerprint density at radius 2 is 1.72 bits per heavy atom. The normalized spacial score (nSPS) is 10.3. The molecule has 1 aromatic heterocycles. The Morgan fingerprint density at radius 3 is 2.34 bits per heavy atom. The zero-order chi connectivity index (χ0) is 21.0. The molecule has 2 amide bonds. The molecule has 0 aliphatic heterocycles. The Bertz CT molecular complexity index is 1080. The molecule has 148 valence electrons. The zero-order valence-electron chi connectivity index (χ0n) is 15.5. The Labute approximate surface area is 169 Å². The fourth-order valence-corrected chi connectivity index (χ4v) is 3.21. The van der Waals surface area contributed by atoms with Crippen molar-refractivity contribution in [1.29, 1.82) is 0 Å². The molecular formula is C20H16FN3O4S. The van der Waals surface area contributed by atoms with Gasteiger partial charge in [0.25, 0.3) is 5.91 Å². The minimum absolute atomic E-state index is 0.248. The third-order valence-corrected chi connectivity index (χ3v) is 4.62. The second kappa shape index (κ2) is 8.61. The van der Waals surface area contributed by atoms with Crippen LogP contribution in [0.4, 0.5) is 15.2 Å². The maximum atomic E-state index is 14.3. The number of ether oxygens (including phenoxy) is 1. The number of esters is 1. The molecule has 0 saturated heterocycles. The minimum atomic E-state index is -0.544. The van der Waals surface area contributed by atoms with Gasteiger partial charge in [0.05, 0.1) is 18.4 Å². The monoisotopic (exact) mass is 413 g/mol. The summed E-state index contributed by atoms with van der Waals surface area (Å²) in [6.45, 7) is 1.34. The first kappa shape index (κ1) is 20.2. The van der Waals surface area contributed by atoms with E-state index in [0.717, 1.165) is 11.3 Å². The van der Waals surface area contributed by atoms with Gasteiger partial charge >= 0.3 is 5.97 Å². The zero-order valence-corrected chi connectivity index (χ0v) is 16.3. The fraction of sp³-hybridized carbons (Fsp3) is 0.100. The average molecular weight is 413 g/mol. The highest BCUT2D eigenvalue weighted by molar-refractivity contribution is 7.14. The van der Waals surface area contributed by atoms with Gasteiger partial charge in [0.1, 0.15) is 5.82 Å². The summed E-state index contributed by atoms with van der Waals surface area (Å²) in [7, 11) is 1.28. The van der Waals surface area contributed by atoms with Crippen LogP contribution in [-0.4, -0.2) is 29.9 Å². The molecule has 0 fully saturated rings. The molecule has 0 aliphatic rings. The van der Waals surface area contributed by atoms with Crippen LogP contribution in [-0.2, 0) is 9.53 Å². The third-order valence-electron chi connectivity index (χ3n) is 3.86. The molecule has 0 atom stereocenters. The number of hydrogen-bond acceptors (Lipinski definition) is 6. The van der Waals surface area contributed by atoms with E-state index in [2.05, 4.69) is 20.4 Å². The minimum Gasteiger partial charge on any atom is -0.465 e. The van der Waals surface area contributed by atoms with Crippen molar-refractivity contribution in [2.45, 2.75) is 6.92 Å². The average Bonchev–Trinajstić information content (AvgIpc) is 3.15. The number of halogens is 1. The van der Waals surface area contributed by atoms with Crippen molar-refractivity contribution in [2.24, 2.45) is 0 Å². The largest absolute Gasteiger partial charge is 0.465 e. The summed E-state index contributed by atoms with van der Waals surface area (Å²) in [6, 6.07) is 10.2. The summed E-state index contributed by atoms with van der Waals surface area (Å²) < 4.78 is 19.0. The molecule has 2 aromatic carbocycles. The first-order valence-corrected chi connectivity index (χ1v) is 9.28. The van der Waals surface area contributed by atoms with E-state index in [0.29, 0.717) is 27.6 Å². The number of carbonyl (C=O) groups is 3. The Morgan fingerprint density at radius 1 is 1.03 bits per heavy atom. The molecular weight excluding hydrogens is 397 g/mol. The predicted octanol–water partition coefficient (Wildman–Crippen LogP) is 3.95. The first-order valence-electron chi connectivity index (χ1n) is 8.40. The van der Waals surface area contributed by atoms with Gasteiger partial charge in [-0.15, -0.1) is 11.3 Å². The summed E-state index contributed by atoms with van der Waals surface area (Å²) >= 11 is 1.15. The van der Waals surface area contributed by atoms with Gasteiger partial charge in [-0.2, -0.15) is 0 Å². The van der Waals surface area contributed by atoms with Crippen LogP contribution in [0, 0.1) is 5.82 Å². The summed E-state index contributed by atoms with van der Waals surface area (Å²) in [5.74, 6) is -1.75. The lowest BCUT2D eigenvalue weighted by atomic mass is 10.1. The maximum absolute atomic E-state index is 14.3. The van der Waals surface area contributed by atoms with Gasteiger partial charge in [0.15, 0.2) is 5.13 Å². The van der Waals surface area contributed by atoms with Crippen molar-refractivity contribution < 1.29 is 23.5 Å². The van der Waals surface area contributed by atoms with E-state index >= 15 is 0 Å². The van der Waals surface area contributed by atoms with Gasteiger partial charge in [-0.05, 0) is 42.5 Å². The van der Waals surface area contributed by atoms with Crippen molar-refractivity contribution in [1.82, 2.24) is 4.98 Å². The molecule has 7 nitrogen and oxygen atoms in total. The number of hydrogen-bond donors (Lipinski definition) is 2. The molecule has 3 rings (SSSR count). The molecule has 3 aromatic rings. The van der Waals surface area contributed by atoms with E-state index in [4.69, 9.17) is 0 Å². The van der Waals surface area contributed by atoms with Gasteiger partial charge in [-0.25, -0.2) is 14.2 Å². The number of nitrogens with zero attached hydrogens (tertiary/aromatic N) is 1. The maximum Gasteiger partial charge on any atom is 0.337 e. The molecule has 0 bridgehead atoms. The Balaban J connectivity index is 1.72. The van der Waals surface area contributed by atoms with Gasteiger partial charge < -0.3 is 10.1 Å². The van der Waals surface area contributed by atoms with E-state index in [-0.39, 0.29) is 11.5 Å². The number of aromatic nitrogens is 1. The number of rotatable bonds is 5. The molecule has 0 unspecified atom stereocenters. The number of methoxy groups -OCH3 is 1. The van der Waals surface area contributed by atoms with E-state index < -0.39 is 17.7 Å². The standard InChI is InChI=1S/C20H16FN3O4S/c1-11(25)22-14-7-8-15(16(21)9-14)17-10-29-20(23-17)24-18(26)12-3-5-13(6-4-12)19(27)28-2/h3-10H,1-2H3,(H,22,25)(H,23,24,26). The molecule has 29 heavy (non-hydrogen) atoms. The SMILES string of the molecule is COC(=O)c1ccc(C(=O)Nc2nc(-c3ccc(NC(C)=O)cc3F)cs2)cc1. The summed E-state index contributed by atoms with van der Waals surface area (Å²) in [5.41, 5.74) is 1.62. The lowest BCUT2D eigenvalue weighted by molar-refractivity contribution is -0.114. The number of thiazole rings is 1. The highest BCUT2D eigenvalue weighted by Crippen LogP contribution is 2.29. The van der Waals surface area contributed by atoms with Crippen LogP contribution < -0.4 is 10.6 Å². The second-order valence-electron chi connectivity index (χ2n) is 5.94. The van der Waals surface area contributed by atoms with Crippen LogP contribution >= 0.6 is 11.3 Å². The van der Waals surface area contributed by atoms with Crippen LogP contribution in [0.15, 0.2) is 47.8 Å². The smallest absolute Gasteiger partial charge is 0.337 e. The van der Waals surface area contributed by atoms with Crippen LogP contribution in [0.3, 0.4) is 0 Å². The van der Waals surface area contributed by atoms with E-state index in [1.54, 1.807) is 11.4 Å². The van der Waals surface area contributed by atoms with Crippen molar-refractivity contribution in [2.75, 3.05) is 17.7 Å². The van der Waals surface area contributed by atoms with Gasteiger partial charge in [0.2, 0.25) is 5.91 Å². The summed E-state index contributed by atoms with van der Waals surface area (Å²) in [6.07, 6.45) is 0. The van der Waals surface area contributed by atoms with E-state index in [1.807, 2.05) is 0 Å². The second-order valence-corrected chi connectivity index (χ2v) is 6.79. The number of benzene rings is 2. The molecule has 0 spiro atoms. The van der Waals surface area contributed by atoms with Crippen LogP contribution in [0.1, 0.15) is 27.6 Å². The van der Waals surface area contributed by atoms with Crippen LogP contribution in [0.25, 0.3) is 11.3 Å². The quantitative estimate of drug-likeness (QED) is 0.618. The number of carbonyl (C=O) groups excluding carboxylic acids is 3. The summed E-state index contributed by atoms with van der Waals surface area (Å²) in [5, 5.41) is 7.06. The van der Waals surface area contributed by atoms with Gasteiger partial charge in [0, 0.05) is 29.1 Å². The van der Waals surface area contributed by atoms with Gasteiger partial charge in [-0.1, -0.05) is 0 Å². The molecule has 0 radical (unpaired) electrons. The number of nitrogens with one attached hydrogen (secondary N) is 2. The topological polar surface area (TPSA) is 97.4 Å². The van der Waals surface area contributed by atoms with E-state index in [1.165, 1.54) is 50.4 Å². The number of amides is 2. The Hall–Kier alpha value is -3.59. The third kappa shape index (κ3) is 4.82.